The summed E-state index contributed by atoms with van der Waals surface area (Å²) >= 11 is 1.94. The van der Waals surface area contributed by atoms with Gasteiger partial charge < -0.3 is 10.3 Å². The Morgan fingerprint density at radius 2 is 2.31 bits per heavy atom. The fourth-order valence-electron chi connectivity index (χ4n) is 1.36. The van der Waals surface area contributed by atoms with Crippen LogP contribution in [-0.4, -0.2) is 22.3 Å². The zero-order chi connectivity index (χ0) is 11.8. The van der Waals surface area contributed by atoms with Crippen molar-refractivity contribution in [1.29, 1.82) is 0 Å². The van der Waals surface area contributed by atoms with E-state index < -0.39 is 0 Å². The van der Waals surface area contributed by atoms with Crippen LogP contribution in [0.15, 0.2) is 6.20 Å². The molecule has 1 rings (SSSR count). The molecule has 0 aromatic carbocycles. The molecule has 0 atom stereocenters. The van der Waals surface area contributed by atoms with Gasteiger partial charge in [0.15, 0.2) is 0 Å². The van der Waals surface area contributed by atoms with Gasteiger partial charge in [-0.3, -0.25) is 0 Å². The van der Waals surface area contributed by atoms with E-state index in [1.165, 1.54) is 17.9 Å². The van der Waals surface area contributed by atoms with Crippen LogP contribution in [0.5, 0.6) is 0 Å². The molecule has 0 radical (unpaired) electrons. The minimum absolute atomic E-state index is 0.755. The molecule has 0 amide bonds. The van der Waals surface area contributed by atoms with Crippen molar-refractivity contribution in [2.24, 2.45) is 5.92 Å². The summed E-state index contributed by atoms with van der Waals surface area (Å²) in [4.78, 5) is 7.73. The zero-order valence-electron chi connectivity index (χ0n) is 10.5. The van der Waals surface area contributed by atoms with E-state index in [9.17, 15) is 0 Å². The first-order chi connectivity index (χ1) is 7.72. The molecular formula is C12H23N3S. The molecular weight excluding hydrogens is 218 g/mol. The van der Waals surface area contributed by atoms with Crippen molar-refractivity contribution in [3.05, 3.63) is 17.7 Å². The van der Waals surface area contributed by atoms with Crippen LogP contribution in [0, 0.1) is 5.92 Å². The molecule has 0 saturated carbocycles. The van der Waals surface area contributed by atoms with Crippen LogP contribution in [0.1, 0.15) is 38.7 Å². The van der Waals surface area contributed by atoms with Gasteiger partial charge in [0.05, 0.1) is 5.75 Å². The maximum Gasteiger partial charge on any atom is 0.116 e. The number of H-pyrrole nitrogens is 1. The Kier molecular flexibility index (Phi) is 6.57. The van der Waals surface area contributed by atoms with E-state index in [0.29, 0.717) is 0 Å². The minimum atomic E-state index is 0.755. The van der Waals surface area contributed by atoms with Crippen LogP contribution >= 0.6 is 11.8 Å². The number of aromatic amines is 1. The minimum Gasteiger partial charge on any atom is -0.344 e. The first-order valence-corrected chi connectivity index (χ1v) is 7.19. The lowest BCUT2D eigenvalue weighted by Gasteiger charge is -2.02. The molecule has 3 nitrogen and oxygen atoms in total. The number of hydrogen-bond donors (Lipinski definition) is 2. The third kappa shape index (κ3) is 5.56. The molecule has 1 aromatic heterocycles. The molecule has 16 heavy (non-hydrogen) atoms. The predicted octanol–water partition coefficient (Wildman–Crippen LogP) is 2.80. The summed E-state index contributed by atoms with van der Waals surface area (Å²) in [5.41, 5.74) is 1.19. The third-order valence-corrected chi connectivity index (χ3v) is 3.49. The van der Waals surface area contributed by atoms with Gasteiger partial charge >= 0.3 is 0 Å². The maximum absolute atomic E-state index is 4.38. The van der Waals surface area contributed by atoms with Crippen LogP contribution in [0.2, 0.25) is 0 Å². The van der Waals surface area contributed by atoms with Gasteiger partial charge in [-0.25, -0.2) is 4.98 Å². The van der Waals surface area contributed by atoms with Crippen LogP contribution in [-0.2, 0) is 12.3 Å². The summed E-state index contributed by atoms with van der Waals surface area (Å²) in [5.74, 6) is 4.04. The van der Waals surface area contributed by atoms with Crippen LogP contribution in [0.3, 0.4) is 0 Å². The monoisotopic (exact) mass is 241 g/mol. The summed E-state index contributed by atoms with van der Waals surface area (Å²) in [7, 11) is 0. The lowest BCUT2D eigenvalue weighted by molar-refractivity contribution is 0.666. The summed E-state index contributed by atoms with van der Waals surface area (Å²) in [6.45, 7) is 8.63. The van der Waals surface area contributed by atoms with Gasteiger partial charge in [0.2, 0.25) is 0 Å². The molecule has 0 unspecified atom stereocenters. The fraction of sp³-hybridized carbons (Fsp3) is 0.750. The largest absolute Gasteiger partial charge is 0.344 e. The highest BCUT2D eigenvalue weighted by atomic mass is 32.2. The number of thioether (sulfide) groups is 1. The Morgan fingerprint density at radius 3 is 3.00 bits per heavy atom. The molecule has 0 fully saturated rings. The highest BCUT2D eigenvalue weighted by Gasteiger charge is 2.01. The standard InChI is InChI=1S/C12H23N3S/c1-4-5-13-6-11-7-14-12(15-11)9-16-8-10(2)3/h7,10,13H,4-6,8-9H2,1-3H3,(H,14,15). The summed E-state index contributed by atoms with van der Waals surface area (Å²) < 4.78 is 0. The van der Waals surface area contributed by atoms with E-state index >= 15 is 0 Å². The highest BCUT2D eigenvalue weighted by molar-refractivity contribution is 7.98. The van der Waals surface area contributed by atoms with Crippen molar-refractivity contribution in [2.45, 2.75) is 39.5 Å². The summed E-state index contributed by atoms with van der Waals surface area (Å²) in [6, 6.07) is 0. The molecule has 0 aliphatic heterocycles. The van der Waals surface area contributed by atoms with Gasteiger partial charge in [0.1, 0.15) is 5.82 Å². The number of hydrogen-bond acceptors (Lipinski definition) is 3. The average Bonchev–Trinajstić information content (AvgIpc) is 2.66. The van der Waals surface area contributed by atoms with Crippen molar-refractivity contribution >= 4 is 11.8 Å². The first-order valence-electron chi connectivity index (χ1n) is 6.03. The second-order valence-corrected chi connectivity index (χ2v) is 5.47. The topological polar surface area (TPSA) is 40.7 Å². The summed E-state index contributed by atoms with van der Waals surface area (Å²) in [6.07, 6.45) is 3.11. The number of nitrogens with one attached hydrogen (secondary N) is 2. The molecule has 0 spiro atoms. The molecule has 92 valence electrons. The Balaban J connectivity index is 2.22. The smallest absolute Gasteiger partial charge is 0.116 e. The zero-order valence-corrected chi connectivity index (χ0v) is 11.4. The second-order valence-electron chi connectivity index (χ2n) is 4.44. The number of imidazole rings is 1. The Hall–Kier alpha value is -0.480. The lowest BCUT2D eigenvalue weighted by Crippen LogP contribution is -2.13. The molecule has 0 saturated heterocycles. The Morgan fingerprint density at radius 1 is 1.50 bits per heavy atom. The molecule has 2 N–H and O–H groups in total. The van der Waals surface area contributed by atoms with Crippen LogP contribution in [0.4, 0.5) is 0 Å². The van der Waals surface area contributed by atoms with E-state index in [1.54, 1.807) is 0 Å². The Labute approximate surface area is 103 Å². The number of aromatic nitrogens is 2. The quantitative estimate of drug-likeness (QED) is 0.688. The lowest BCUT2D eigenvalue weighted by atomic mass is 10.3. The van der Waals surface area contributed by atoms with Crippen molar-refractivity contribution < 1.29 is 0 Å². The molecule has 0 aliphatic rings. The van der Waals surface area contributed by atoms with Crippen molar-refractivity contribution in [3.63, 3.8) is 0 Å². The molecule has 4 heteroatoms. The summed E-state index contributed by atoms with van der Waals surface area (Å²) in [5, 5.41) is 3.36. The van der Waals surface area contributed by atoms with Gasteiger partial charge in [-0.05, 0) is 24.6 Å². The van der Waals surface area contributed by atoms with Crippen molar-refractivity contribution in [3.8, 4) is 0 Å². The number of nitrogens with zero attached hydrogens (tertiary/aromatic N) is 1. The molecule has 0 bridgehead atoms. The maximum atomic E-state index is 4.38. The van der Waals surface area contributed by atoms with Gasteiger partial charge in [0.25, 0.3) is 0 Å². The molecule has 1 aromatic rings. The molecule has 0 aliphatic carbocycles. The van der Waals surface area contributed by atoms with E-state index in [-0.39, 0.29) is 0 Å². The van der Waals surface area contributed by atoms with E-state index in [0.717, 1.165) is 30.6 Å². The third-order valence-electron chi connectivity index (χ3n) is 2.11. The van der Waals surface area contributed by atoms with Crippen molar-refractivity contribution in [2.75, 3.05) is 12.3 Å². The molecule has 1 heterocycles. The van der Waals surface area contributed by atoms with Gasteiger partial charge in [-0.15, -0.1) is 0 Å². The van der Waals surface area contributed by atoms with E-state index in [2.05, 4.69) is 36.1 Å². The van der Waals surface area contributed by atoms with Crippen LogP contribution < -0.4 is 5.32 Å². The Bertz CT molecular complexity index is 284. The normalized spacial score (nSPS) is 11.2. The second kappa shape index (κ2) is 7.74. The van der Waals surface area contributed by atoms with Crippen molar-refractivity contribution in [1.82, 2.24) is 15.3 Å². The average molecular weight is 241 g/mol. The fourth-order valence-corrected chi connectivity index (χ4v) is 2.29. The highest BCUT2D eigenvalue weighted by Crippen LogP contribution is 2.12. The van der Waals surface area contributed by atoms with Gasteiger partial charge in [-0.1, -0.05) is 20.8 Å². The van der Waals surface area contributed by atoms with E-state index in [4.69, 9.17) is 0 Å². The number of rotatable bonds is 8. The van der Waals surface area contributed by atoms with Gasteiger partial charge in [-0.2, -0.15) is 11.8 Å². The SMILES string of the molecule is CCCNCc1cnc(CSCC(C)C)[nH]1. The van der Waals surface area contributed by atoms with Gasteiger partial charge in [0, 0.05) is 18.4 Å². The first kappa shape index (κ1) is 13.6. The predicted molar refractivity (Wildman–Crippen MR) is 71.6 cm³/mol. The van der Waals surface area contributed by atoms with E-state index in [1.807, 2.05) is 18.0 Å². The van der Waals surface area contributed by atoms with Crippen LogP contribution in [0.25, 0.3) is 0 Å².